The maximum absolute atomic E-state index is 11.2. The summed E-state index contributed by atoms with van der Waals surface area (Å²) in [6.45, 7) is 3.89. The van der Waals surface area contributed by atoms with E-state index in [2.05, 4.69) is 5.32 Å². The number of thioether (sulfide) groups is 1. The van der Waals surface area contributed by atoms with Crippen LogP contribution in [0.3, 0.4) is 0 Å². The smallest absolute Gasteiger partial charge is 0.237 e. The van der Waals surface area contributed by atoms with Crippen LogP contribution in [0.25, 0.3) is 0 Å². The average Bonchev–Trinajstić information content (AvgIpc) is 2.03. The van der Waals surface area contributed by atoms with E-state index in [1.54, 1.807) is 11.8 Å². The van der Waals surface area contributed by atoms with E-state index in [0.717, 1.165) is 5.75 Å². The van der Waals surface area contributed by atoms with E-state index in [0.29, 0.717) is 6.42 Å². The van der Waals surface area contributed by atoms with Gasteiger partial charge in [0.1, 0.15) is 0 Å². The van der Waals surface area contributed by atoms with Gasteiger partial charge >= 0.3 is 0 Å². The molecule has 0 saturated carbocycles. The quantitative estimate of drug-likeness (QED) is 0.667. The summed E-state index contributed by atoms with van der Waals surface area (Å²) in [5.41, 5.74) is 5.54. The van der Waals surface area contributed by atoms with Crippen molar-refractivity contribution in [2.24, 2.45) is 5.73 Å². The lowest BCUT2D eigenvalue weighted by Gasteiger charge is -2.15. The lowest BCUT2D eigenvalue weighted by atomic mass is 10.2. The molecule has 2 atom stereocenters. The predicted molar refractivity (Wildman–Crippen MR) is 54.3 cm³/mol. The van der Waals surface area contributed by atoms with Crippen molar-refractivity contribution in [1.29, 1.82) is 0 Å². The molecule has 0 saturated heterocycles. The Balaban J connectivity index is 3.67. The fraction of sp³-hybridized carbons (Fsp3) is 0.875. The molecule has 0 bridgehead atoms. The van der Waals surface area contributed by atoms with Crippen LogP contribution in [0.2, 0.25) is 0 Å². The van der Waals surface area contributed by atoms with Crippen LogP contribution >= 0.6 is 11.8 Å². The molecule has 0 heterocycles. The Kier molecular flexibility index (Phi) is 6.20. The molecule has 0 aromatic rings. The molecule has 0 spiro atoms. The van der Waals surface area contributed by atoms with Crippen molar-refractivity contribution in [3.63, 3.8) is 0 Å². The van der Waals surface area contributed by atoms with Crippen molar-refractivity contribution >= 4 is 17.7 Å². The van der Waals surface area contributed by atoms with E-state index in [9.17, 15) is 4.79 Å². The number of hydrogen-bond donors (Lipinski definition) is 2. The highest BCUT2D eigenvalue weighted by Gasteiger charge is 2.12. The van der Waals surface area contributed by atoms with Gasteiger partial charge in [-0.1, -0.05) is 6.92 Å². The van der Waals surface area contributed by atoms with Crippen molar-refractivity contribution in [2.75, 3.05) is 12.0 Å². The number of carbonyl (C=O) groups excluding carboxylic acids is 1. The summed E-state index contributed by atoms with van der Waals surface area (Å²) in [5.74, 6) is 0.890. The second kappa shape index (κ2) is 6.31. The summed E-state index contributed by atoms with van der Waals surface area (Å²) in [4.78, 5) is 11.2. The van der Waals surface area contributed by atoms with Gasteiger partial charge in [-0.2, -0.15) is 11.8 Å². The maximum atomic E-state index is 11.2. The number of hydrogen-bond acceptors (Lipinski definition) is 3. The van der Waals surface area contributed by atoms with Crippen LogP contribution < -0.4 is 11.1 Å². The molecule has 1 amide bonds. The second-order valence-corrected chi connectivity index (χ2v) is 3.79. The molecule has 0 aromatic heterocycles. The first-order chi connectivity index (χ1) is 5.61. The van der Waals surface area contributed by atoms with Crippen LogP contribution in [0.4, 0.5) is 0 Å². The molecule has 0 aliphatic heterocycles. The minimum atomic E-state index is -0.352. The monoisotopic (exact) mass is 190 g/mol. The summed E-state index contributed by atoms with van der Waals surface area (Å²) in [6.07, 6.45) is 2.71. The topological polar surface area (TPSA) is 55.1 Å². The lowest BCUT2D eigenvalue weighted by molar-refractivity contribution is -0.122. The molecular formula is C8H18N2OS. The Hall–Kier alpha value is -0.220. The van der Waals surface area contributed by atoms with Gasteiger partial charge in [-0.15, -0.1) is 0 Å². The standard InChI is InChI=1S/C8H18N2OS/c1-4-7(9)8(11)10-6(2)5-12-3/h6-7H,4-5,9H2,1-3H3,(H,10,11)/t6?,7-/m0/s1. The molecule has 4 heteroatoms. The highest BCUT2D eigenvalue weighted by atomic mass is 32.2. The third kappa shape index (κ3) is 4.62. The summed E-state index contributed by atoms with van der Waals surface area (Å²) in [7, 11) is 0. The molecule has 3 N–H and O–H groups in total. The van der Waals surface area contributed by atoms with Crippen LogP contribution in [0.15, 0.2) is 0 Å². The molecule has 0 radical (unpaired) electrons. The maximum Gasteiger partial charge on any atom is 0.237 e. The highest BCUT2D eigenvalue weighted by Crippen LogP contribution is 1.96. The van der Waals surface area contributed by atoms with E-state index in [-0.39, 0.29) is 18.0 Å². The zero-order valence-corrected chi connectivity index (χ0v) is 8.78. The summed E-state index contributed by atoms with van der Waals surface area (Å²) in [6, 6.07) is -0.139. The molecule has 0 aliphatic rings. The van der Waals surface area contributed by atoms with E-state index in [4.69, 9.17) is 5.73 Å². The number of nitrogens with two attached hydrogens (primary N) is 1. The Morgan fingerprint density at radius 3 is 2.67 bits per heavy atom. The second-order valence-electron chi connectivity index (χ2n) is 2.88. The number of rotatable bonds is 5. The summed E-state index contributed by atoms with van der Waals surface area (Å²) in [5, 5.41) is 2.85. The molecule has 72 valence electrons. The summed E-state index contributed by atoms with van der Waals surface area (Å²) < 4.78 is 0. The van der Waals surface area contributed by atoms with E-state index in [1.807, 2.05) is 20.1 Å². The number of nitrogens with one attached hydrogen (secondary N) is 1. The first-order valence-corrected chi connectivity index (χ1v) is 5.56. The van der Waals surface area contributed by atoms with Crippen LogP contribution in [-0.2, 0) is 4.79 Å². The van der Waals surface area contributed by atoms with Crippen LogP contribution in [-0.4, -0.2) is 30.0 Å². The largest absolute Gasteiger partial charge is 0.351 e. The van der Waals surface area contributed by atoms with E-state index >= 15 is 0 Å². The van der Waals surface area contributed by atoms with Crippen molar-refractivity contribution in [1.82, 2.24) is 5.32 Å². The van der Waals surface area contributed by atoms with Crippen LogP contribution in [0, 0.1) is 0 Å². The van der Waals surface area contributed by atoms with E-state index < -0.39 is 0 Å². The van der Waals surface area contributed by atoms with Gasteiger partial charge in [0, 0.05) is 11.8 Å². The van der Waals surface area contributed by atoms with Gasteiger partial charge in [-0.25, -0.2) is 0 Å². The van der Waals surface area contributed by atoms with Crippen LogP contribution in [0.5, 0.6) is 0 Å². The Bertz CT molecular complexity index is 141. The average molecular weight is 190 g/mol. The Morgan fingerprint density at radius 1 is 1.67 bits per heavy atom. The highest BCUT2D eigenvalue weighted by molar-refractivity contribution is 7.98. The Morgan fingerprint density at radius 2 is 2.25 bits per heavy atom. The molecule has 0 aromatic carbocycles. The van der Waals surface area contributed by atoms with Gasteiger partial charge in [-0.3, -0.25) is 4.79 Å². The van der Waals surface area contributed by atoms with Gasteiger partial charge < -0.3 is 11.1 Å². The van der Waals surface area contributed by atoms with Gasteiger partial charge in [0.2, 0.25) is 5.91 Å². The van der Waals surface area contributed by atoms with Crippen molar-refractivity contribution in [2.45, 2.75) is 32.4 Å². The molecule has 0 rings (SSSR count). The number of amides is 1. The molecule has 12 heavy (non-hydrogen) atoms. The fourth-order valence-electron chi connectivity index (χ4n) is 0.827. The Labute approximate surface area is 78.5 Å². The summed E-state index contributed by atoms with van der Waals surface area (Å²) >= 11 is 1.72. The third-order valence-electron chi connectivity index (χ3n) is 1.58. The molecule has 0 fully saturated rings. The zero-order chi connectivity index (χ0) is 9.56. The van der Waals surface area contributed by atoms with Crippen LogP contribution in [0.1, 0.15) is 20.3 Å². The van der Waals surface area contributed by atoms with Crippen molar-refractivity contribution in [3.05, 3.63) is 0 Å². The van der Waals surface area contributed by atoms with Gasteiger partial charge in [-0.05, 0) is 19.6 Å². The normalized spacial score (nSPS) is 15.3. The van der Waals surface area contributed by atoms with Gasteiger partial charge in [0.25, 0.3) is 0 Å². The molecule has 1 unspecified atom stereocenters. The number of carbonyl (C=O) groups is 1. The molecule has 0 aliphatic carbocycles. The SMILES string of the molecule is CC[C@H](N)C(=O)NC(C)CSC. The first kappa shape index (κ1) is 11.8. The predicted octanol–water partition coefficient (Wildman–Crippen LogP) is 0.591. The first-order valence-electron chi connectivity index (χ1n) is 4.16. The van der Waals surface area contributed by atoms with Gasteiger partial charge in [0.15, 0.2) is 0 Å². The minimum Gasteiger partial charge on any atom is -0.351 e. The van der Waals surface area contributed by atoms with Gasteiger partial charge in [0.05, 0.1) is 6.04 Å². The zero-order valence-electron chi connectivity index (χ0n) is 7.96. The van der Waals surface area contributed by atoms with Crippen molar-refractivity contribution in [3.8, 4) is 0 Å². The molecular weight excluding hydrogens is 172 g/mol. The third-order valence-corrected chi connectivity index (χ3v) is 2.42. The fourth-order valence-corrected chi connectivity index (χ4v) is 1.41. The van der Waals surface area contributed by atoms with Crippen molar-refractivity contribution < 1.29 is 4.79 Å². The van der Waals surface area contributed by atoms with E-state index in [1.165, 1.54) is 0 Å². The molecule has 3 nitrogen and oxygen atoms in total. The minimum absolute atomic E-state index is 0.0425. The lowest BCUT2D eigenvalue weighted by Crippen LogP contribution is -2.44.